The fourth-order valence-electron chi connectivity index (χ4n) is 3.39. The summed E-state index contributed by atoms with van der Waals surface area (Å²) in [6, 6.07) is 9.54. The fraction of sp³-hybridized carbons (Fsp3) is 0.647. The van der Waals surface area contributed by atoms with Crippen LogP contribution < -0.4 is 5.73 Å². The number of hydrogen-bond acceptors (Lipinski definition) is 3. The van der Waals surface area contributed by atoms with Crippen molar-refractivity contribution in [2.24, 2.45) is 5.73 Å². The Morgan fingerprint density at radius 2 is 2.14 bits per heavy atom. The lowest BCUT2D eigenvalue weighted by atomic mass is 9.96. The van der Waals surface area contributed by atoms with Gasteiger partial charge in [-0.25, -0.2) is 0 Å². The van der Waals surface area contributed by atoms with Crippen LogP contribution in [0.25, 0.3) is 0 Å². The third-order valence-electron chi connectivity index (χ3n) is 4.75. The average Bonchev–Trinajstić information content (AvgIpc) is 2.86. The maximum Gasteiger partial charge on any atom is 0.0508 e. The molecule has 21 heavy (non-hydrogen) atoms. The van der Waals surface area contributed by atoms with Crippen LogP contribution in [-0.2, 0) is 0 Å². The Labute approximate surface area is 137 Å². The summed E-state index contributed by atoms with van der Waals surface area (Å²) in [7, 11) is 4.45. The van der Waals surface area contributed by atoms with Gasteiger partial charge in [-0.3, -0.25) is 4.90 Å². The molecule has 1 aromatic carbocycles. The number of nitrogens with zero attached hydrogens (tertiary/aromatic N) is 2. The normalized spacial score (nSPS) is 22.7. The Bertz CT molecular complexity index is 451. The van der Waals surface area contributed by atoms with Gasteiger partial charge in [-0.1, -0.05) is 41.1 Å². The summed E-state index contributed by atoms with van der Waals surface area (Å²) in [5.41, 5.74) is 7.75. The summed E-state index contributed by atoms with van der Waals surface area (Å²) in [4.78, 5) is 4.92. The van der Waals surface area contributed by atoms with Gasteiger partial charge in [0.2, 0.25) is 0 Å². The molecule has 0 aromatic heterocycles. The number of likely N-dealkylation sites (N-methyl/N-ethyl adjacent to an activating group) is 2. The predicted molar refractivity (Wildman–Crippen MR) is 93.4 cm³/mol. The van der Waals surface area contributed by atoms with Gasteiger partial charge in [-0.2, -0.15) is 0 Å². The zero-order valence-corrected chi connectivity index (χ0v) is 15.0. The fourth-order valence-corrected chi connectivity index (χ4v) is 3.91. The van der Waals surface area contributed by atoms with Crippen LogP contribution in [0.1, 0.15) is 37.8 Å². The quantitative estimate of drug-likeness (QED) is 0.851. The van der Waals surface area contributed by atoms with Crippen molar-refractivity contribution in [2.75, 3.05) is 27.2 Å². The van der Waals surface area contributed by atoms with Crippen molar-refractivity contribution in [3.63, 3.8) is 0 Å². The molecule has 3 unspecified atom stereocenters. The third-order valence-corrected chi connectivity index (χ3v) is 5.47. The van der Waals surface area contributed by atoms with E-state index in [9.17, 15) is 0 Å². The highest BCUT2D eigenvalue weighted by Gasteiger charge is 2.29. The molecule has 0 spiro atoms. The minimum Gasteiger partial charge on any atom is -0.326 e. The van der Waals surface area contributed by atoms with Crippen molar-refractivity contribution in [3.05, 3.63) is 34.3 Å². The van der Waals surface area contributed by atoms with Gasteiger partial charge >= 0.3 is 0 Å². The molecule has 1 saturated heterocycles. The maximum atomic E-state index is 6.45. The first-order valence-electron chi connectivity index (χ1n) is 7.95. The predicted octanol–water partition coefficient (Wildman–Crippen LogP) is 3.25. The first-order chi connectivity index (χ1) is 10.0. The van der Waals surface area contributed by atoms with Crippen molar-refractivity contribution in [1.29, 1.82) is 0 Å². The smallest absolute Gasteiger partial charge is 0.0508 e. The number of likely N-dealkylation sites (tertiary alicyclic amines) is 1. The van der Waals surface area contributed by atoms with Gasteiger partial charge < -0.3 is 10.6 Å². The van der Waals surface area contributed by atoms with Gasteiger partial charge in [0, 0.05) is 23.1 Å². The van der Waals surface area contributed by atoms with E-state index >= 15 is 0 Å². The molecule has 0 bridgehead atoms. The Morgan fingerprint density at radius 1 is 1.43 bits per heavy atom. The van der Waals surface area contributed by atoms with Crippen molar-refractivity contribution in [2.45, 2.75) is 44.3 Å². The van der Waals surface area contributed by atoms with Gasteiger partial charge in [0.25, 0.3) is 0 Å². The van der Waals surface area contributed by atoms with Gasteiger partial charge in [0.05, 0.1) is 6.04 Å². The molecule has 0 radical (unpaired) electrons. The number of halogens is 1. The highest BCUT2D eigenvalue weighted by molar-refractivity contribution is 9.10. The van der Waals surface area contributed by atoms with Gasteiger partial charge in [0.15, 0.2) is 0 Å². The molecule has 1 fully saturated rings. The minimum atomic E-state index is 0.153. The number of nitrogens with two attached hydrogens (primary N) is 1. The molecule has 1 heterocycles. The van der Waals surface area contributed by atoms with Gasteiger partial charge in [-0.05, 0) is 51.5 Å². The first-order valence-corrected chi connectivity index (χ1v) is 8.74. The van der Waals surface area contributed by atoms with Gasteiger partial charge in [-0.15, -0.1) is 0 Å². The van der Waals surface area contributed by atoms with Crippen LogP contribution in [0.15, 0.2) is 28.7 Å². The molecule has 0 amide bonds. The van der Waals surface area contributed by atoms with E-state index in [4.69, 9.17) is 5.73 Å². The Balaban J connectivity index is 2.17. The van der Waals surface area contributed by atoms with Crippen molar-refractivity contribution < 1.29 is 0 Å². The summed E-state index contributed by atoms with van der Waals surface area (Å²) in [6.45, 7) is 4.47. The van der Waals surface area contributed by atoms with Crippen molar-refractivity contribution in [1.82, 2.24) is 9.80 Å². The number of hydrogen-bond donors (Lipinski definition) is 1. The third kappa shape index (κ3) is 4.07. The van der Waals surface area contributed by atoms with E-state index in [0.717, 1.165) is 17.4 Å². The molecule has 2 rings (SSSR count). The molecule has 1 aliphatic heterocycles. The summed E-state index contributed by atoms with van der Waals surface area (Å²) >= 11 is 3.69. The second-order valence-electron chi connectivity index (χ2n) is 6.25. The SMILES string of the molecule is CCC(N)C(c1ccccc1Br)N(C)CC1CCCN1C. The van der Waals surface area contributed by atoms with Crippen molar-refractivity contribution >= 4 is 15.9 Å². The molecule has 0 saturated carbocycles. The van der Waals surface area contributed by atoms with E-state index in [2.05, 4.69) is 71.0 Å². The molecule has 1 aromatic rings. The zero-order valence-electron chi connectivity index (χ0n) is 13.4. The minimum absolute atomic E-state index is 0.153. The second-order valence-corrected chi connectivity index (χ2v) is 7.11. The molecular formula is C17H28BrN3. The lowest BCUT2D eigenvalue weighted by Crippen LogP contribution is -2.44. The molecule has 1 aliphatic rings. The summed E-state index contributed by atoms with van der Waals surface area (Å²) in [5.74, 6) is 0. The van der Waals surface area contributed by atoms with E-state index in [0.29, 0.717) is 6.04 Å². The first kappa shape index (κ1) is 16.9. The van der Waals surface area contributed by atoms with Crippen LogP contribution in [0.3, 0.4) is 0 Å². The van der Waals surface area contributed by atoms with E-state index in [-0.39, 0.29) is 12.1 Å². The Kier molecular flexibility index (Phi) is 6.23. The number of rotatable bonds is 6. The average molecular weight is 354 g/mol. The molecular weight excluding hydrogens is 326 g/mol. The maximum absolute atomic E-state index is 6.45. The molecule has 118 valence electrons. The van der Waals surface area contributed by atoms with E-state index < -0.39 is 0 Å². The Morgan fingerprint density at radius 3 is 2.71 bits per heavy atom. The standard InChI is InChI=1S/C17H28BrN3/c1-4-16(19)17(14-9-5-6-10-15(14)18)21(3)12-13-8-7-11-20(13)2/h5-6,9-10,13,16-17H,4,7-8,11-12,19H2,1-3H3. The van der Waals surface area contributed by atoms with E-state index in [1.54, 1.807) is 0 Å². The van der Waals surface area contributed by atoms with Gasteiger partial charge in [0.1, 0.15) is 0 Å². The molecule has 4 heteroatoms. The lowest BCUT2D eigenvalue weighted by molar-refractivity contribution is 0.157. The van der Waals surface area contributed by atoms with Crippen LogP contribution in [0.5, 0.6) is 0 Å². The largest absolute Gasteiger partial charge is 0.326 e. The molecule has 3 atom stereocenters. The molecule has 0 aliphatic carbocycles. The van der Waals surface area contributed by atoms with Crippen LogP contribution in [0.2, 0.25) is 0 Å². The zero-order chi connectivity index (χ0) is 15.4. The van der Waals surface area contributed by atoms with Crippen LogP contribution in [-0.4, -0.2) is 49.1 Å². The molecule has 2 N–H and O–H groups in total. The molecule has 3 nitrogen and oxygen atoms in total. The topological polar surface area (TPSA) is 32.5 Å². The summed E-state index contributed by atoms with van der Waals surface area (Å²) in [6.07, 6.45) is 3.59. The van der Waals surface area contributed by atoms with Crippen LogP contribution in [0.4, 0.5) is 0 Å². The van der Waals surface area contributed by atoms with E-state index in [1.165, 1.54) is 24.9 Å². The Hall–Kier alpha value is -0.420. The van der Waals surface area contributed by atoms with Crippen LogP contribution in [0, 0.1) is 0 Å². The summed E-state index contributed by atoms with van der Waals surface area (Å²) in [5, 5.41) is 0. The van der Waals surface area contributed by atoms with Crippen molar-refractivity contribution in [3.8, 4) is 0 Å². The second kappa shape index (κ2) is 7.73. The van der Waals surface area contributed by atoms with Crippen LogP contribution >= 0.6 is 15.9 Å². The highest BCUT2D eigenvalue weighted by Crippen LogP contribution is 2.31. The highest BCUT2D eigenvalue weighted by atomic mass is 79.9. The lowest BCUT2D eigenvalue weighted by Gasteiger charge is -2.36. The summed E-state index contributed by atoms with van der Waals surface area (Å²) < 4.78 is 1.16. The van der Waals surface area contributed by atoms with E-state index in [1.807, 2.05) is 0 Å². The number of benzene rings is 1. The monoisotopic (exact) mass is 353 g/mol.